The first-order valence-corrected chi connectivity index (χ1v) is 6.97. The van der Waals surface area contributed by atoms with E-state index in [1.807, 2.05) is 13.8 Å². The third-order valence-corrected chi connectivity index (χ3v) is 3.46. The van der Waals surface area contributed by atoms with Crippen LogP contribution < -0.4 is 5.32 Å². The maximum atomic E-state index is 9.84. The van der Waals surface area contributed by atoms with Gasteiger partial charge in [-0.25, -0.2) is 5.01 Å². The molecule has 1 fully saturated rings. The number of thiocarbonyl (C=S) groups is 1. The smallest absolute Gasteiger partial charge is 0.189 e. The summed E-state index contributed by atoms with van der Waals surface area (Å²) in [7, 11) is 1.58. The summed E-state index contributed by atoms with van der Waals surface area (Å²) in [6, 6.07) is 0. The summed E-state index contributed by atoms with van der Waals surface area (Å²) in [5.41, 5.74) is -0.000929. The number of nitrogens with zero attached hydrogens (tertiary/aromatic N) is 2. The first kappa shape index (κ1) is 17.3. The predicted octanol–water partition coefficient (Wildman–Crippen LogP) is -1.35. The van der Waals surface area contributed by atoms with Crippen molar-refractivity contribution in [1.29, 1.82) is 0 Å². The van der Waals surface area contributed by atoms with Gasteiger partial charge in [0.2, 0.25) is 0 Å². The lowest BCUT2D eigenvalue weighted by Crippen LogP contribution is -2.54. The van der Waals surface area contributed by atoms with Crippen molar-refractivity contribution in [2.75, 3.05) is 13.6 Å². The molecule has 7 nitrogen and oxygen atoms in total. The second-order valence-corrected chi connectivity index (χ2v) is 5.77. The number of nitrogens with one attached hydrogen (secondary N) is 1. The van der Waals surface area contributed by atoms with Gasteiger partial charge in [0.15, 0.2) is 5.11 Å². The molecular formula is C12H23N3O4S. The van der Waals surface area contributed by atoms with Gasteiger partial charge in [-0.1, -0.05) is 13.8 Å². The average molecular weight is 305 g/mol. The Kier molecular flexibility index (Phi) is 6.28. The molecule has 0 aromatic carbocycles. The Morgan fingerprint density at radius 2 is 2.00 bits per heavy atom. The third-order valence-electron chi connectivity index (χ3n) is 3.05. The largest absolute Gasteiger partial charge is 0.390 e. The Morgan fingerprint density at radius 1 is 1.40 bits per heavy atom. The first-order valence-electron chi connectivity index (χ1n) is 6.56. The van der Waals surface area contributed by atoms with Crippen molar-refractivity contribution in [2.45, 2.75) is 44.7 Å². The van der Waals surface area contributed by atoms with Crippen LogP contribution in [-0.4, -0.2) is 74.3 Å². The van der Waals surface area contributed by atoms with Crippen molar-refractivity contribution in [3.8, 4) is 0 Å². The molecule has 1 aliphatic carbocycles. The van der Waals surface area contributed by atoms with E-state index in [9.17, 15) is 20.4 Å². The van der Waals surface area contributed by atoms with Crippen LogP contribution in [0.2, 0.25) is 0 Å². The second-order valence-electron chi connectivity index (χ2n) is 5.38. The van der Waals surface area contributed by atoms with E-state index in [2.05, 4.69) is 10.4 Å². The van der Waals surface area contributed by atoms with Crippen LogP contribution in [0.1, 0.15) is 20.3 Å². The number of hydrogen-bond donors (Lipinski definition) is 5. The monoisotopic (exact) mass is 305 g/mol. The van der Waals surface area contributed by atoms with E-state index in [1.54, 1.807) is 7.05 Å². The Hall–Kier alpha value is -0.800. The molecule has 20 heavy (non-hydrogen) atoms. The summed E-state index contributed by atoms with van der Waals surface area (Å²) in [5, 5.41) is 47.4. The molecule has 0 amide bonds. The summed E-state index contributed by atoms with van der Waals surface area (Å²) < 4.78 is 0. The van der Waals surface area contributed by atoms with Gasteiger partial charge in [-0.05, 0) is 18.1 Å². The molecule has 4 atom stereocenters. The van der Waals surface area contributed by atoms with Crippen LogP contribution in [0.15, 0.2) is 5.10 Å². The van der Waals surface area contributed by atoms with Crippen molar-refractivity contribution in [3.63, 3.8) is 0 Å². The number of hydrogen-bond acceptors (Lipinski definition) is 6. The van der Waals surface area contributed by atoms with Gasteiger partial charge >= 0.3 is 0 Å². The molecule has 0 heterocycles. The maximum Gasteiger partial charge on any atom is 0.189 e. The summed E-state index contributed by atoms with van der Waals surface area (Å²) >= 11 is 5.13. The molecule has 0 spiro atoms. The van der Waals surface area contributed by atoms with E-state index in [1.165, 1.54) is 5.01 Å². The normalized spacial score (nSPS) is 32.5. The van der Waals surface area contributed by atoms with Gasteiger partial charge in [0.25, 0.3) is 0 Å². The topological polar surface area (TPSA) is 109 Å². The zero-order valence-electron chi connectivity index (χ0n) is 11.9. The highest BCUT2D eigenvalue weighted by Crippen LogP contribution is 2.18. The molecule has 0 saturated heterocycles. The molecule has 0 unspecified atom stereocenters. The zero-order chi connectivity index (χ0) is 15.4. The van der Waals surface area contributed by atoms with E-state index in [-0.39, 0.29) is 12.1 Å². The lowest BCUT2D eigenvalue weighted by atomic mass is 9.88. The second kappa shape index (κ2) is 7.28. The zero-order valence-corrected chi connectivity index (χ0v) is 12.7. The van der Waals surface area contributed by atoms with Crippen LogP contribution in [0.3, 0.4) is 0 Å². The number of hydrazone groups is 1. The Morgan fingerprint density at radius 3 is 2.55 bits per heavy atom. The fraction of sp³-hybridized carbons (Fsp3) is 0.833. The van der Waals surface area contributed by atoms with Crippen molar-refractivity contribution in [3.05, 3.63) is 0 Å². The van der Waals surface area contributed by atoms with Gasteiger partial charge in [-0.3, -0.25) is 0 Å². The third kappa shape index (κ3) is 4.35. The van der Waals surface area contributed by atoms with Crippen LogP contribution in [-0.2, 0) is 0 Å². The van der Waals surface area contributed by atoms with Crippen molar-refractivity contribution in [1.82, 2.24) is 10.3 Å². The molecular weight excluding hydrogens is 282 g/mol. The van der Waals surface area contributed by atoms with Gasteiger partial charge in [0, 0.05) is 20.0 Å². The van der Waals surface area contributed by atoms with Crippen LogP contribution in [0, 0.1) is 5.92 Å². The summed E-state index contributed by atoms with van der Waals surface area (Å²) in [4.78, 5) is 0. The SMILES string of the molecule is CC(C)CNC(=S)N(C)/N=C1/[C@H](O)C[C@H](O)[C@H](O)[C@@H]1O. The minimum absolute atomic E-state index is 0.000929. The maximum absolute atomic E-state index is 9.84. The van der Waals surface area contributed by atoms with Crippen LogP contribution in [0.5, 0.6) is 0 Å². The van der Waals surface area contributed by atoms with Crippen molar-refractivity contribution >= 4 is 23.0 Å². The van der Waals surface area contributed by atoms with Crippen molar-refractivity contribution < 1.29 is 20.4 Å². The summed E-state index contributed by atoms with van der Waals surface area (Å²) in [6.45, 7) is 4.75. The highest BCUT2D eigenvalue weighted by atomic mass is 32.1. The number of rotatable bonds is 3. The number of aliphatic hydroxyl groups is 4. The van der Waals surface area contributed by atoms with Crippen LogP contribution >= 0.6 is 12.2 Å². The van der Waals surface area contributed by atoms with E-state index in [0.717, 1.165) is 0 Å². The fourth-order valence-electron chi connectivity index (χ4n) is 1.82. The highest BCUT2D eigenvalue weighted by molar-refractivity contribution is 7.80. The van der Waals surface area contributed by atoms with E-state index in [4.69, 9.17) is 12.2 Å². The average Bonchev–Trinajstić information content (AvgIpc) is 2.38. The fourth-order valence-corrected chi connectivity index (χ4v) is 1.95. The molecule has 8 heteroatoms. The lowest BCUT2D eigenvalue weighted by Gasteiger charge is -2.33. The quantitative estimate of drug-likeness (QED) is 0.324. The summed E-state index contributed by atoms with van der Waals surface area (Å²) in [6.07, 6.45) is -5.13. The molecule has 0 radical (unpaired) electrons. The minimum atomic E-state index is -1.41. The molecule has 0 aliphatic heterocycles. The van der Waals surface area contributed by atoms with E-state index < -0.39 is 24.4 Å². The standard InChI is InChI=1S/C12H23N3O4S/c1-6(2)5-13-12(20)15(3)14-9-7(16)4-8(17)10(18)11(9)19/h6-8,10-11,16-19H,4-5H2,1-3H3,(H,13,20)/b14-9-/t7-,8+,10+,11-/m1/s1. The van der Waals surface area contributed by atoms with Crippen molar-refractivity contribution in [2.24, 2.45) is 11.0 Å². The Balaban J connectivity index is 2.73. The first-order chi connectivity index (χ1) is 9.23. The Bertz CT molecular complexity index is 378. The molecule has 0 aromatic heterocycles. The molecule has 0 bridgehead atoms. The van der Waals surface area contributed by atoms with Crippen LogP contribution in [0.25, 0.3) is 0 Å². The van der Waals surface area contributed by atoms with Crippen LogP contribution in [0.4, 0.5) is 0 Å². The van der Waals surface area contributed by atoms with Gasteiger partial charge in [-0.15, -0.1) is 0 Å². The van der Waals surface area contributed by atoms with Gasteiger partial charge in [0.05, 0.1) is 17.9 Å². The van der Waals surface area contributed by atoms with Gasteiger partial charge in [0.1, 0.15) is 12.2 Å². The molecule has 1 rings (SSSR count). The van der Waals surface area contributed by atoms with E-state index in [0.29, 0.717) is 17.6 Å². The molecule has 1 saturated carbocycles. The number of aliphatic hydroxyl groups excluding tert-OH is 4. The predicted molar refractivity (Wildman–Crippen MR) is 79.3 cm³/mol. The highest BCUT2D eigenvalue weighted by Gasteiger charge is 2.39. The summed E-state index contributed by atoms with van der Waals surface area (Å²) in [5.74, 6) is 0.414. The molecule has 1 aliphatic rings. The molecule has 0 aromatic rings. The Labute approximate surface area is 123 Å². The van der Waals surface area contributed by atoms with Gasteiger partial charge < -0.3 is 25.7 Å². The minimum Gasteiger partial charge on any atom is -0.390 e. The lowest BCUT2D eigenvalue weighted by molar-refractivity contribution is -0.0656. The molecule has 5 N–H and O–H groups in total. The van der Waals surface area contributed by atoms with Gasteiger partial charge in [-0.2, -0.15) is 5.10 Å². The van der Waals surface area contributed by atoms with E-state index >= 15 is 0 Å². The molecule has 116 valence electrons.